The van der Waals surface area contributed by atoms with E-state index in [1.54, 1.807) is 6.20 Å². The van der Waals surface area contributed by atoms with E-state index >= 15 is 0 Å². The van der Waals surface area contributed by atoms with Crippen LogP contribution >= 0.6 is 0 Å². The monoisotopic (exact) mass is 228 g/mol. The Morgan fingerprint density at radius 2 is 1.94 bits per heavy atom. The van der Waals surface area contributed by atoms with Gasteiger partial charge >= 0.3 is 0 Å². The maximum Gasteiger partial charge on any atom is 0.130 e. The summed E-state index contributed by atoms with van der Waals surface area (Å²) in [4.78, 5) is 4.19. The van der Waals surface area contributed by atoms with Gasteiger partial charge in [-0.25, -0.2) is 0 Å². The predicted molar refractivity (Wildman–Crippen MR) is 67.6 cm³/mol. The lowest BCUT2D eigenvalue weighted by atomic mass is 10.1. The molecule has 1 aromatic heterocycles. The molecule has 0 saturated carbocycles. The quantitative estimate of drug-likeness (QED) is 0.875. The minimum absolute atomic E-state index is 0.0554. The van der Waals surface area contributed by atoms with Gasteiger partial charge < -0.3 is 10.5 Å². The van der Waals surface area contributed by atoms with Crippen molar-refractivity contribution in [1.82, 2.24) is 4.98 Å². The Bertz CT molecular complexity index is 451. The van der Waals surface area contributed by atoms with Crippen LogP contribution in [0, 0.1) is 0 Å². The summed E-state index contributed by atoms with van der Waals surface area (Å²) in [5, 5.41) is 0. The molecule has 88 valence electrons. The molecule has 0 spiro atoms. The van der Waals surface area contributed by atoms with Crippen molar-refractivity contribution in [3.63, 3.8) is 0 Å². The number of aromatic nitrogens is 1. The molecule has 1 aromatic carbocycles. The number of rotatable bonds is 4. The largest absolute Gasteiger partial charge is 0.487 e. The first kappa shape index (κ1) is 11.6. The number of nitrogens with zero attached hydrogens (tertiary/aromatic N) is 1. The molecular formula is C14H16N2O. The van der Waals surface area contributed by atoms with Gasteiger partial charge in [0.05, 0.1) is 5.69 Å². The summed E-state index contributed by atoms with van der Waals surface area (Å²) in [7, 11) is 0. The van der Waals surface area contributed by atoms with Gasteiger partial charge in [0.15, 0.2) is 0 Å². The zero-order valence-electron chi connectivity index (χ0n) is 9.84. The van der Waals surface area contributed by atoms with Crippen molar-refractivity contribution in [2.75, 3.05) is 0 Å². The number of nitrogens with two attached hydrogens (primary N) is 1. The molecule has 0 bridgehead atoms. The SMILES string of the molecule is C[C@@H](N)c1ccc(OCc2ccccn2)cc1. The zero-order chi connectivity index (χ0) is 12.1. The van der Waals surface area contributed by atoms with E-state index in [2.05, 4.69) is 4.98 Å². The van der Waals surface area contributed by atoms with E-state index in [0.29, 0.717) is 6.61 Å². The second-order valence-corrected chi connectivity index (χ2v) is 3.97. The summed E-state index contributed by atoms with van der Waals surface area (Å²) in [5.74, 6) is 0.833. The van der Waals surface area contributed by atoms with Gasteiger partial charge in [-0.1, -0.05) is 18.2 Å². The van der Waals surface area contributed by atoms with E-state index in [-0.39, 0.29) is 6.04 Å². The Kier molecular flexibility index (Phi) is 3.73. The van der Waals surface area contributed by atoms with Crippen molar-refractivity contribution in [2.24, 2.45) is 5.73 Å². The first-order chi connectivity index (χ1) is 8.25. The van der Waals surface area contributed by atoms with E-state index in [1.165, 1.54) is 0 Å². The summed E-state index contributed by atoms with van der Waals surface area (Å²) < 4.78 is 5.62. The van der Waals surface area contributed by atoms with Gasteiger partial charge in [-0.3, -0.25) is 4.98 Å². The summed E-state index contributed by atoms with van der Waals surface area (Å²) >= 11 is 0. The van der Waals surface area contributed by atoms with Gasteiger partial charge in [0.1, 0.15) is 12.4 Å². The Balaban J connectivity index is 1.96. The van der Waals surface area contributed by atoms with E-state index in [9.17, 15) is 0 Å². The molecule has 2 rings (SSSR count). The lowest BCUT2D eigenvalue weighted by Gasteiger charge is -2.08. The fourth-order valence-electron chi connectivity index (χ4n) is 1.51. The van der Waals surface area contributed by atoms with Gasteiger partial charge in [-0.15, -0.1) is 0 Å². The van der Waals surface area contributed by atoms with Crippen LogP contribution in [-0.4, -0.2) is 4.98 Å². The normalized spacial score (nSPS) is 12.1. The molecule has 0 radical (unpaired) electrons. The Morgan fingerprint density at radius 1 is 1.18 bits per heavy atom. The topological polar surface area (TPSA) is 48.1 Å². The van der Waals surface area contributed by atoms with Crippen LogP contribution in [0.5, 0.6) is 5.75 Å². The minimum Gasteiger partial charge on any atom is -0.487 e. The van der Waals surface area contributed by atoms with Crippen molar-refractivity contribution in [2.45, 2.75) is 19.6 Å². The number of hydrogen-bond donors (Lipinski definition) is 1. The van der Waals surface area contributed by atoms with Gasteiger partial charge in [0.25, 0.3) is 0 Å². The molecule has 2 N–H and O–H groups in total. The predicted octanol–water partition coefficient (Wildman–Crippen LogP) is 2.68. The Labute approximate surface area is 101 Å². The Morgan fingerprint density at radius 3 is 2.53 bits per heavy atom. The zero-order valence-corrected chi connectivity index (χ0v) is 9.84. The van der Waals surface area contributed by atoms with Gasteiger partial charge in [0.2, 0.25) is 0 Å². The fraction of sp³-hybridized carbons (Fsp3) is 0.214. The third-order valence-electron chi connectivity index (χ3n) is 2.52. The van der Waals surface area contributed by atoms with Gasteiger partial charge in [0, 0.05) is 12.2 Å². The molecule has 0 aliphatic rings. The van der Waals surface area contributed by atoms with E-state index in [0.717, 1.165) is 17.0 Å². The lowest BCUT2D eigenvalue weighted by Crippen LogP contribution is -2.04. The van der Waals surface area contributed by atoms with Crippen molar-refractivity contribution >= 4 is 0 Å². The van der Waals surface area contributed by atoms with Crippen LogP contribution in [0.4, 0.5) is 0 Å². The van der Waals surface area contributed by atoms with E-state index in [4.69, 9.17) is 10.5 Å². The molecule has 1 atom stereocenters. The average Bonchev–Trinajstić information content (AvgIpc) is 2.38. The maximum absolute atomic E-state index is 5.78. The number of ether oxygens (including phenoxy) is 1. The summed E-state index contributed by atoms with van der Waals surface area (Å²) in [6.45, 7) is 2.45. The summed E-state index contributed by atoms with van der Waals surface area (Å²) in [5.41, 5.74) is 7.80. The molecule has 0 amide bonds. The smallest absolute Gasteiger partial charge is 0.130 e. The van der Waals surface area contributed by atoms with Gasteiger partial charge in [-0.2, -0.15) is 0 Å². The molecule has 0 aliphatic heterocycles. The molecule has 0 unspecified atom stereocenters. The van der Waals surface area contributed by atoms with Crippen LogP contribution in [0.1, 0.15) is 24.2 Å². The molecule has 3 heteroatoms. The first-order valence-electron chi connectivity index (χ1n) is 5.64. The standard InChI is InChI=1S/C14H16N2O/c1-11(15)12-5-7-14(8-6-12)17-10-13-4-2-3-9-16-13/h2-9,11H,10,15H2,1H3/t11-/m1/s1. The van der Waals surface area contributed by atoms with Crippen molar-refractivity contribution < 1.29 is 4.74 Å². The second-order valence-electron chi connectivity index (χ2n) is 3.97. The molecular weight excluding hydrogens is 212 g/mol. The molecule has 2 aromatic rings. The van der Waals surface area contributed by atoms with Gasteiger partial charge in [-0.05, 0) is 36.8 Å². The van der Waals surface area contributed by atoms with Crippen LogP contribution in [-0.2, 0) is 6.61 Å². The van der Waals surface area contributed by atoms with Crippen LogP contribution in [0.3, 0.4) is 0 Å². The molecule has 1 heterocycles. The molecule has 0 aliphatic carbocycles. The molecule has 0 saturated heterocycles. The van der Waals surface area contributed by atoms with E-state index < -0.39 is 0 Å². The third-order valence-corrected chi connectivity index (χ3v) is 2.52. The minimum atomic E-state index is 0.0554. The molecule has 17 heavy (non-hydrogen) atoms. The van der Waals surface area contributed by atoms with E-state index in [1.807, 2.05) is 49.4 Å². The van der Waals surface area contributed by atoms with Crippen LogP contribution in [0.25, 0.3) is 0 Å². The van der Waals surface area contributed by atoms with Crippen LogP contribution < -0.4 is 10.5 Å². The fourth-order valence-corrected chi connectivity index (χ4v) is 1.51. The van der Waals surface area contributed by atoms with Crippen molar-refractivity contribution in [3.05, 3.63) is 59.9 Å². The number of hydrogen-bond acceptors (Lipinski definition) is 3. The highest BCUT2D eigenvalue weighted by atomic mass is 16.5. The first-order valence-corrected chi connectivity index (χ1v) is 5.64. The second kappa shape index (κ2) is 5.46. The highest BCUT2D eigenvalue weighted by Crippen LogP contribution is 2.16. The summed E-state index contributed by atoms with van der Waals surface area (Å²) in [6, 6.07) is 13.7. The van der Waals surface area contributed by atoms with Crippen molar-refractivity contribution in [1.29, 1.82) is 0 Å². The van der Waals surface area contributed by atoms with Crippen molar-refractivity contribution in [3.8, 4) is 5.75 Å². The lowest BCUT2D eigenvalue weighted by molar-refractivity contribution is 0.301. The highest BCUT2D eigenvalue weighted by Gasteiger charge is 2.00. The molecule has 3 nitrogen and oxygen atoms in total. The number of benzene rings is 1. The highest BCUT2D eigenvalue weighted by molar-refractivity contribution is 5.28. The summed E-state index contributed by atoms with van der Waals surface area (Å²) in [6.07, 6.45) is 1.76. The number of pyridine rings is 1. The Hall–Kier alpha value is -1.87. The third kappa shape index (κ3) is 3.29. The maximum atomic E-state index is 5.78. The average molecular weight is 228 g/mol. The van der Waals surface area contributed by atoms with Crippen LogP contribution in [0.15, 0.2) is 48.7 Å². The van der Waals surface area contributed by atoms with Crippen LogP contribution in [0.2, 0.25) is 0 Å². The molecule has 0 fully saturated rings.